The number of carbonyl (C=O) groups excluding carboxylic acids is 2. The van der Waals surface area contributed by atoms with Crippen molar-refractivity contribution >= 4 is 11.6 Å². The number of rotatable bonds is 6. The van der Waals surface area contributed by atoms with E-state index < -0.39 is 6.10 Å². The third-order valence-electron chi connectivity index (χ3n) is 3.91. The Bertz CT molecular complexity index is 827. The van der Waals surface area contributed by atoms with Crippen LogP contribution in [-0.4, -0.2) is 18.2 Å². The fourth-order valence-corrected chi connectivity index (χ4v) is 2.54. The molecule has 0 aliphatic carbocycles. The van der Waals surface area contributed by atoms with Crippen molar-refractivity contribution in [1.29, 1.82) is 0 Å². The van der Waals surface area contributed by atoms with Crippen LogP contribution in [0, 0.1) is 0 Å². The second-order valence-corrected chi connectivity index (χ2v) is 5.90. The largest absolute Gasteiger partial charge is 0.366 e. The summed E-state index contributed by atoms with van der Waals surface area (Å²) in [7, 11) is 0. The summed E-state index contributed by atoms with van der Waals surface area (Å²) < 4.78 is 5.59. The summed E-state index contributed by atoms with van der Waals surface area (Å²) >= 11 is 0. The number of ether oxygens (including phenoxy) is 1. The van der Waals surface area contributed by atoms with Crippen LogP contribution in [0.2, 0.25) is 0 Å². The molecule has 1 unspecified atom stereocenters. The fourth-order valence-electron chi connectivity index (χ4n) is 2.54. The summed E-state index contributed by atoms with van der Waals surface area (Å²) in [5.74, 6) is 0.124. The summed E-state index contributed by atoms with van der Waals surface area (Å²) in [6.07, 6.45) is -0.515. The molecule has 0 amide bonds. The van der Waals surface area contributed by atoms with Gasteiger partial charge in [0.2, 0.25) is 0 Å². The number of hydrogen-bond acceptors (Lipinski definition) is 3. The molecule has 3 aromatic rings. The Balaban J connectivity index is 0.000000244. The van der Waals surface area contributed by atoms with Crippen LogP contribution in [0.1, 0.15) is 46.2 Å². The zero-order chi connectivity index (χ0) is 19.5. The molecule has 3 aromatic carbocycles. The average molecular weight is 360 g/mol. The van der Waals surface area contributed by atoms with Crippen molar-refractivity contribution in [2.45, 2.75) is 20.0 Å². The highest BCUT2D eigenvalue weighted by molar-refractivity contribution is 6.00. The van der Waals surface area contributed by atoms with Crippen molar-refractivity contribution < 1.29 is 14.3 Å². The number of Topliss-reactive ketones (excluding diaryl/α,β-unsaturated/α-hetero) is 2. The zero-order valence-electron chi connectivity index (χ0n) is 15.7. The van der Waals surface area contributed by atoms with Gasteiger partial charge in [0.15, 0.2) is 11.6 Å². The van der Waals surface area contributed by atoms with Crippen LogP contribution in [0.15, 0.2) is 91.0 Å². The van der Waals surface area contributed by atoms with E-state index in [4.69, 9.17) is 4.74 Å². The van der Waals surface area contributed by atoms with E-state index in [1.807, 2.05) is 97.9 Å². The van der Waals surface area contributed by atoms with E-state index in [1.54, 1.807) is 6.92 Å². The highest BCUT2D eigenvalue weighted by atomic mass is 16.5. The minimum absolute atomic E-state index is 0.00338. The van der Waals surface area contributed by atoms with Gasteiger partial charge in [-0.05, 0) is 19.4 Å². The van der Waals surface area contributed by atoms with Crippen molar-refractivity contribution in [3.63, 3.8) is 0 Å². The Morgan fingerprint density at radius 3 is 1.59 bits per heavy atom. The molecule has 0 heterocycles. The maximum absolute atomic E-state index is 12.4. The van der Waals surface area contributed by atoms with Crippen LogP contribution in [0.25, 0.3) is 0 Å². The molecule has 3 nitrogen and oxygen atoms in total. The second-order valence-electron chi connectivity index (χ2n) is 5.90. The molecule has 138 valence electrons. The Morgan fingerprint density at radius 2 is 1.19 bits per heavy atom. The van der Waals surface area contributed by atoms with Crippen LogP contribution < -0.4 is 0 Å². The summed E-state index contributed by atoms with van der Waals surface area (Å²) in [5, 5.41) is 0. The molecular formula is C24H24O3. The summed E-state index contributed by atoms with van der Waals surface area (Å²) in [4.78, 5) is 23.1. The van der Waals surface area contributed by atoms with Gasteiger partial charge in [-0.15, -0.1) is 0 Å². The maximum Gasteiger partial charge on any atom is 0.196 e. The monoisotopic (exact) mass is 360 g/mol. The molecule has 1 atom stereocenters. The summed E-state index contributed by atoms with van der Waals surface area (Å²) in [6.45, 7) is 3.97. The van der Waals surface area contributed by atoms with Crippen molar-refractivity contribution in [3.8, 4) is 0 Å². The third kappa shape index (κ3) is 6.32. The smallest absolute Gasteiger partial charge is 0.196 e. The lowest BCUT2D eigenvalue weighted by Gasteiger charge is -2.16. The number of ketones is 2. The van der Waals surface area contributed by atoms with E-state index >= 15 is 0 Å². The first-order valence-electron chi connectivity index (χ1n) is 8.95. The first-order chi connectivity index (χ1) is 13.1. The molecule has 0 aliphatic rings. The Morgan fingerprint density at radius 1 is 0.741 bits per heavy atom. The molecule has 0 N–H and O–H groups in total. The average Bonchev–Trinajstić information content (AvgIpc) is 2.74. The minimum Gasteiger partial charge on any atom is -0.366 e. The van der Waals surface area contributed by atoms with Gasteiger partial charge in [0, 0.05) is 17.7 Å². The molecule has 3 heteroatoms. The molecule has 27 heavy (non-hydrogen) atoms. The van der Waals surface area contributed by atoms with Crippen molar-refractivity contribution in [1.82, 2.24) is 0 Å². The lowest BCUT2D eigenvalue weighted by atomic mass is 10.00. The normalized spacial score (nSPS) is 11.0. The first-order valence-corrected chi connectivity index (χ1v) is 8.95. The van der Waals surface area contributed by atoms with Gasteiger partial charge in [0.05, 0.1) is 0 Å². The fraction of sp³-hybridized carbons (Fsp3) is 0.167. The quantitative estimate of drug-likeness (QED) is 0.542. The van der Waals surface area contributed by atoms with Crippen LogP contribution in [0.4, 0.5) is 0 Å². The van der Waals surface area contributed by atoms with E-state index in [1.165, 1.54) is 0 Å². The molecule has 3 rings (SSSR count). The zero-order valence-corrected chi connectivity index (χ0v) is 15.7. The van der Waals surface area contributed by atoms with Gasteiger partial charge >= 0.3 is 0 Å². The molecule has 0 spiro atoms. The lowest BCUT2D eigenvalue weighted by molar-refractivity contribution is 0.0452. The van der Waals surface area contributed by atoms with Gasteiger partial charge in [-0.2, -0.15) is 0 Å². The molecular weight excluding hydrogens is 336 g/mol. The topological polar surface area (TPSA) is 43.4 Å². The molecule has 0 radical (unpaired) electrons. The predicted molar refractivity (Wildman–Crippen MR) is 108 cm³/mol. The van der Waals surface area contributed by atoms with Crippen LogP contribution >= 0.6 is 0 Å². The molecule has 0 bridgehead atoms. The first kappa shape index (κ1) is 20.3. The number of benzene rings is 3. The summed E-state index contributed by atoms with van der Waals surface area (Å²) in [6, 6.07) is 28.1. The van der Waals surface area contributed by atoms with Gasteiger partial charge in [0.25, 0.3) is 0 Å². The van der Waals surface area contributed by atoms with Crippen LogP contribution in [0.5, 0.6) is 0 Å². The molecule has 0 fully saturated rings. The van der Waals surface area contributed by atoms with E-state index in [0.717, 1.165) is 11.1 Å². The SMILES string of the molecule is CC(=O)c1ccccc1.CCOC(C(=O)c1ccccc1)c1ccccc1. The maximum atomic E-state index is 12.4. The predicted octanol–water partition coefficient (Wildman–Crippen LogP) is 5.54. The van der Waals surface area contributed by atoms with Crippen LogP contribution in [0.3, 0.4) is 0 Å². The van der Waals surface area contributed by atoms with Crippen LogP contribution in [-0.2, 0) is 4.74 Å². The Hall–Kier alpha value is -3.04. The molecule has 0 aromatic heterocycles. The van der Waals surface area contributed by atoms with Crippen molar-refractivity contribution in [2.24, 2.45) is 0 Å². The van der Waals surface area contributed by atoms with Gasteiger partial charge < -0.3 is 4.74 Å². The van der Waals surface area contributed by atoms with Gasteiger partial charge in [-0.25, -0.2) is 0 Å². The van der Waals surface area contributed by atoms with Crippen molar-refractivity contribution in [2.75, 3.05) is 6.61 Å². The van der Waals surface area contributed by atoms with E-state index in [-0.39, 0.29) is 11.6 Å². The number of hydrogen-bond donors (Lipinski definition) is 0. The third-order valence-corrected chi connectivity index (χ3v) is 3.91. The highest BCUT2D eigenvalue weighted by Crippen LogP contribution is 2.22. The van der Waals surface area contributed by atoms with Gasteiger partial charge in [0.1, 0.15) is 6.10 Å². The van der Waals surface area contributed by atoms with E-state index in [2.05, 4.69) is 0 Å². The minimum atomic E-state index is -0.515. The van der Waals surface area contributed by atoms with E-state index in [9.17, 15) is 9.59 Å². The Labute approximate surface area is 160 Å². The second kappa shape index (κ2) is 10.8. The lowest BCUT2D eigenvalue weighted by Crippen LogP contribution is -2.16. The van der Waals surface area contributed by atoms with Gasteiger partial charge in [-0.1, -0.05) is 91.0 Å². The molecule has 0 saturated carbocycles. The standard InChI is InChI=1S/C16H16O2.C8H8O/c1-2-18-16(14-11-7-4-8-12-14)15(17)13-9-5-3-6-10-13;1-7(9)8-5-3-2-4-6-8/h3-12,16H,2H2,1H3;2-6H,1H3. The molecule has 0 aliphatic heterocycles. The van der Waals surface area contributed by atoms with Gasteiger partial charge in [-0.3, -0.25) is 9.59 Å². The Kier molecular flexibility index (Phi) is 8.14. The highest BCUT2D eigenvalue weighted by Gasteiger charge is 2.21. The number of carbonyl (C=O) groups is 2. The van der Waals surface area contributed by atoms with E-state index in [0.29, 0.717) is 12.2 Å². The summed E-state index contributed by atoms with van der Waals surface area (Å²) in [5.41, 5.74) is 2.35. The molecule has 0 saturated heterocycles. The van der Waals surface area contributed by atoms with Crippen molar-refractivity contribution in [3.05, 3.63) is 108 Å².